The molecule has 0 aromatic heterocycles. The molecule has 3 N–H and O–H groups in total. The quantitative estimate of drug-likeness (QED) is 0.253. The molecule has 2 aromatic carbocycles. The normalized spacial score (nSPS) is 14.8. The first-order valence-electron chi connectivity index (χ1n) is 9.64. The Morgan fingerprint density at radius 1 is 1.20 bits per heavy atom. The molecule has 0 unspecified atom stereocenters. The maximum atomic E-state index is 12.8. The van der Waals surface area contributed by atoms with E-state index in [1.807, 2.05) is 22.6 Å². The van der Waals surface area contributed by atoms with Crippen molar-refractivity contribution in [1.29, 1.82) is 0 Å². The highest BCUT2D eigenvalue weighted by Gasteiger charge is 2.36. The summed E-state index contributed by atoms with van der Waals surface area (Å²) in [5.41, 5.74) is 5.93. The van der Waals surface area contributed by atoms with Crippen molar-refractivity contribution in [3.63, 3.8) is 0 Å². The van der Waals surface area contributed by atoms with Crippen molar-refractivity contribution in [2.45, 2.75) is 11.8 Å². The average Bonchev–Trinajstić information content (AvgIpc) is 3.02. The molecule has 11 nitrogen and oxygen atoms in total. The number of nitrogens with zero attached hydrogens (tertiary/aromatic N) is 1. The summed E-state index contributed by atoms with van der Waals surface area (Å²) in [5, 5.41) is 1.91. The van der Waals surface area contributed by atoms with Gasteiger partial charge in [0.2, 0.25) is 11.8 Å². The lowest BCUT2D eigenvalue weighted by Crippen LogP contribution is -2.36. The zero-order chi connectivity index (χ0) is 25.9. The van der Waals surface area contributed by atoms with Gasteiger partial charge in [-0.25, -0.2) is 0 Å². The largest absolute Gasteiger partial charge is 0.493 e. The molecule has 184 valence electrons. The van der Waals surface area contributed by atoms with Crippen LogP contribution in [0.25, 0.3) is 6.08 Å². The van der Waals surface area contributed by atoms with E-state index in [-0.39, 0.29) is 27.2 Å². The average molecular weight is 631 g/mol. The molecule has 0 aliphatic carbocycles. The maximum absolute atomic E-state index is 12.8. The molecular weight excluding hydrogens is 613 g/mol. The number of methoxy groups -OCH3 is 1. The molecule has 2 aromatic rings. The van der Waals surface area contributed by atoms with Gasteiger partial charge in [-0.1, -0.05) is 0 Å². The van der Waals surface area contributed by atoms with Crippen LogP contribution in [-0.2, 0) is 24.5 Å². The molecule has 35 heavy (non-hydrogen) atoms. The fourth-order valence-electron chi connectivity index (χ4n) is 2.91. The smallest absolute Gasteiger partial charge is 0.339 e. The first kappa shape index (κ1) is 26.5. The summed E-state index contributed by atoms with van der Waals surface area (Å²) in [7, 11) is -2.93. The van der Waals surface area contributed by atoms with Crippen LogP contribution in [0.2, 0.25) is 0 Å². The number of hydrogen-bond acceptors (Lipinski definition) is 9. The number of carbonyl (C=O) groups is 4. The molecule has 0 saturated carbocycles. The van der Waals surface area contributed by atoms with Crippen molar-refractivity contribution >= 4 is 79.2 Å². The molecular formula is C21H18IN3O8S2. The number of anilines is 1. The minimum absolute atomic E-state index is 0.0645. The minimum Gasteiger partial charge on any atom is -0.493 e. The summed E-state index contributed by atoms with van der Waals surface area (Å²) in [6.07, 6.45) is 1.41. The lowest BCUT2D eigenvalue weighted by atomic mass is 10.2. The number of primary amides is 1. The Balaban J connectivity index is 1.89. The monoisotopic (exact) mass is 631 g/mol. The molecule has 0 atom stereocenters. The second kappa shape index (κ2) is 10.7. The van der Waals surface area contributed by atoms with Crippen LogP contribution >= 0.6 is 34.4 Å². The Morgan fingerprint density at radius 3 is 2.43 bits per heavy atom. The van der Waals surface area contributed by atoms with Crippen molar-refractivity contribution in [3.8, 4) is 11.5 Å². The number of carbonyl (C=O) groups excluding carboxylic acids is 4. The van der Waals surface area contributed by atoms with E-state index in [0.29, 0.717) is 26.6 Å². The van der Waals surface area contributed by atoms with Crippen molar-refractivity contribution < 1.29 is 36.5 Å². The van der Waals surface area contributed by atoms with Crippen LogP contribution < -0.4 is 20.0 Å². The van der Waals surface area contributed by atoms with Crippen LogP contribution in [-0.4, -0.2) is 49.9 Å². The molecule has 14 heteroatoms. The predicted molar refractivity (Wildman–Crippen MR) is 136 cm³/mol. The molecule has 1 saturated heterocycles. The van der Waals surface area contributed by atoms with Gasteiger partial charge >= 0.3 is 10.1 Å². The second-order valence-corrected chi connectivity index (χ2v) is 10.7. The number of imide groups is 1. The molecule has 4 amide bonds. The molecule has 0 bridgehead atoms. The van der Waals surface area contributed by atoms with E-state index in [1.54, 1.807) is 0 Å². The Hall–Kier alpha value is -3.11. The zero-order valence-corrected chi connectivity index (χ0v) is 22.0. The molecule has 1 aliphatic heterocycles. The van der Waals surface area contributed by atoms with Crippen molar-refractivity contribution in [2.75, 3.05) is 19.0 Å². The van der Waals surface area contributed by atoms with Gasteiger partial charge in [-0.05, 0) is 82.4 Å². The van der Waals surface area contributed by atoms with E-state index in [1.165, 1.54) is 56.5 Å². The van der Waals surface area contributed by atoms with Gasteiger partial charge in [-0.3, -0.25) is 24.1 Å². The van der Waals surface area contributed by atoms with Crippen LogP contribution in [0.15, 0.2) is 46.2 Å². The molecule has 3 rings (SSSR count). The molecule has 1 heterocycles. The topological polar surface area (TPSA) is 162 Å². The fraction of sp³-hybridized carbons (Fsp3) is 0.143. The van der Waals surface area contributed by atoms with Gasteiger partial charge in [0.25, 0.3) is 11.1 Å². The SMILES string of the molecule is COc1cc(/C=C2\SC(=O)N(CC(N)=O)C2=O)cc(I)c1OS(=O)(=O)c1ccc(NC(C)=O)cc1. The molecule has 1 aliphatic rings. The van der Waals surface area contributed by atoms with Gasteiger partial charge in [0.1, 0.15) is 11.4 Å². The lowest BCUT2D eigenvalue weighted by molar-refractivity contribution is -0.127. The standard InChI is InChI=1S/C21H18IN3O8S2/c1-11(26)24-13-3-5-14(6-4-13)35(30,31)33-19-15(22)7-12(8-16(19)32-2)9-17-20(28)25(10-18(23)27)21(29)34-17/h3-9H,10H2,1-2H3,(H2,23,27)(H,24,26)/b17-9-. The van der Waals surface area contributed by atoms with Crippen LogP contribution in [0.4, 0.5) is 10.5 Å². The molecule has 1 fully saturated rings. The highest BCUT2D eigenvalue weighted by molar-refractivity contribution is 14.1. The van der Waals surface area contributed by atoms with E-state index in [4.69, 9.17) is 14.7 Å². The third kappa shape index (κ3) is 6.32. The van der Waals surface area contributed by atoms with E-state index >= 15 is 0 Å². The summed E-state index contributed by atoms with van der Waals surface area (Å²) in [5.74, 6) is -1.79. The highest BCUT2D eigenvalue weighted by Crippen LogP contribution is 2.38. The Kier molecular flexibility index (Phi) is 8.07. The zero-order valence-electron chi connectivity index (χ0n) is 18.2. The number of hydrogen-bond donors (Lipinski definition) is 2. The van der Waals surface area contributed by atoms with Crippen LogP contribution in [0, 0.1) is 3.57 Å². The summed E-state index contributed by atoms with van der Waals surface area (Å²) in [4.78, 5) is 47.4. The number of nitrogens with two attached hydrogens (primary N) is 1. The first-order chi connectivity index (χ1) is 16.4. The van der Waals surface area contributed by atoms with Crippen molar-refractivity contribution in [3.05, 3.63) is 50.4 Å². The predicted octanol–water partition coefficient (Wildman–Crippen LogP) is 2.55. The fourth-order valence-corrected chi connectivity index (χ4v) is 5.59. The van der Waals surface area contributed by atoms with E-state index in [0.717, 1.165) is 4.90 Å². The first-order valence-corrected chi connectivity index (χ1v) is 12.9. The Labute approximate surface area is 218 Å². The summed E-state index contributed by atoms with van der Waals surface area (Å²) >= 11 is 2.50. The number of amides is 4. The third-order valence-corrected chi connectivity index (χ3v) is 7.34. The van der Waals surface area contributed by atoms with Gasteiger partial charge in [0.15, 0.2) is 11.5 Å². The Bertz CT molecular complexity index is 1360. The summed E-state index contributed by atoms with van der Waals surface area (Å²) in [6.45, 7) is 0.803. The number of thioether (sulfide) groups is 1. The van der Waals surface area contributed by atoms with Gasteiger partial charge < -0.3 is 20.0 Å². The number of nitrogens with one attached hydrogen (secondary N) is 1. The minimum atomic E-state index is -4.25. The molecule has 0 radical (unpaired) electrons. The van der Waals surface area contributed by atoms with E-state index in [9.17, 15) is 27.6 Å². The number of ether oxygens (including phenoxy) is 1. The number of benzene rings is 2. The maximum Gasteiger partial charge on any atom is 0.339 e. The van der Waals surface area contributed by atoms with E-state index < -0.39 is 33.7 Å². The lowest BCUT2D eigenvalue weighted by Gasteiger charge is -2.14. The Morgan fingerprint density at radius 2 is 1.86 bits per heavy atom. The van der Waals surface area contributed by atoms with Crippen LogP contribution in [0.1, 0.15) is 12.5 Å². The van der Waals surface area contributed by atoms with Crippen LogP contribution in [0.3, 0.4) is 0 Å². The van der Waals surface area contributed by atoms with E-state index in [2.05, 4.69) is 5.32 Å². The summed E-state index contributed by atoms with van der Waals surface area (Å²) < 4.78 is 36.6. The van der Waals surface area contributed by atoms with Gasteiger partial charge in [0.05, 0.1) is 15.6 Å². The number of rotatable bonds is 8. The highest BCUT2D eigenvalue weighted by atomic mass is 127. The van der Waals surface area contributed by atoms with Gasteiger partial charge in [-0.15, -0.1) is 0 Å². The van der Waals surface area contributed by atoms with Crippen molar-refractivity contribution in [2.24, 2.45) is 5.73 Å². The van der Waals surface area contributed by atoms with Gasteiger partial charge in [0, 0.05) is 12.6 Å². The second-order valence-electron chi connectivity index (χ2n) is 7.01. The van der Waals surface area contributed by atoms with Crippen LogP contribution in [0.5, 0.6) is 11.5 Å². The van der Waals surface area contributed by atoms with Crippen molar-refractivity contribution in [1.82, 2.24) is 4.90 Å². The summed E-state index contributed by atoms with van der Waals surface area (Å²) in [6, 6.07) is 8.40. The number of halogens is 1. The molecule has 0 spiro atoms. The third-order valence-electron chi connectivity index (χ3n) is 4.39. The van der Waals surface area contributed by atoms with Gasteiger partial charge in [-0.2, -0.15) is 8.42 Å².